The number of rotatable bonds is 6. The van der Waals surface area contributed by atoms with Crippen LogP contribution in [0.4, 0.5) is 0 Å². The van der Waals surface area contributed by atoms with E-state index in [2.05, 4.69) is 12.9 Å². The van der Waals surface area contributed by atoms with Crippen LogP contribution in [0.3, 0.4) is 0 Å². The molecule has 23 heavy (non-hydrogen) atoms. The predicted octanol–water partition coefficient (Wildman–Crippen LogP) is -4.49. The van der Waals surface area contributed by atoms with Crippen LogP contribution in [-0.2, 0) is 40.3 Å². The summed E-state index contributed by atoms with van der Waals surface area (Å²) < 4.78 is 65.4. The molecule has 0 rings (SSSR count). The quantitative estimate of drug-likeness (QED) is 0.232. The van der Waals surface area contributed by atoms with Crippen LogP contribution in [-0.4, -0.2) is 0 Å². The Hall–Kier alpha value is 3.59. The molecule has 0 spiro atoms. The first-order chi connectivity index (χ1) is 9.38. The fraction of sp³-hybridized carbons (Fsp3) is 0. The summed E-state index contributed by atoms with van der Waals surface area (Å²) in [6.45, 7) is 0. The molecule has 15 nitrogen and oxygen atoms in total. The van der Waals surface area contributed by atoms with Gasteiger partial charge >= 0.3 is 77.2 Å². The Morgan fingerprint density at radius 1 is 0.391 bits per heavy atom. The van der Waals surface area contributed by atoms with Crippen molar-refractivity contribution in [2.75, 3.05) is 0 Å². The normalized spacial score (nSPS) is 17.0. The van der Waals surface area contributed by atoms with Crippen molar-refractivity contribution in [2.45, 2.75) is 0 Å². The minimum absolute atomic E-state index is 0. The first-order valence-electron chi connectivity index (χ1n) is 3.67. The van der Waals surface area contributed by atoms with E-state index in [0.29, 0.717) is 0 Å². The SMILES string of the molecule is O=[PH]([O-])O[PH](=O)[O-].O=[PH]([O-])O[PH](=O)[O-].O=[PH]([O-])O[PH](=O)[O-].[Tb+3].[Tb+3]. The van der Waals surface area contributed by atoms with Gasteiger partial charge in [0, 0.05) is 0 Å². The molecule has 0 bridgehead atoms. The Bertz CT molecular complexity index is 318. The minimum Gasteiger partial charge on any atom is -0.781 e. The number of hydrogen-bond donors (Lipinski definition) is 0. The maximum Gasteiger partial charge on any atom is 3.00 e. The second-order valence-electron chi connectivity index (χ2n) is 1.81. The molecule has 0 saturated heterocycles. The summed E-state index contributed by atoms with van der Waals surface area (Å²) in [5.74, 6) is 0. The standard InChI is InChI=1S/3H4O5P2.2Tb/c3*1-6(2)5-7(3)4;;/h3*6-7H,(H,1,2)(H,3,4);;/q;;;2*+3/p-6. The van der Waals surface area contributed by atoms with Gasteiger partial charge in [0.15, 0.2) is 0 Å². The number of hydrogen-bond acceptors (Lipinski definition) is 15. The average molecular weight is 750 g/mol. The summed E-state index contributed by atoms with van der Waals surface area (Å²) in [4.78, 5) is 55.7. The van der Waals surface area contributed by atoms with Crippen LogP contribution < -0.4 is 29.4 Å². The van der Waals surface area contributed by atoms with E-state index in [-0.39, 0.29) is 77.2 Å². The Balaban J connectivity index is -0.0000000675. The van der Waals surface area contributed by atoms with Crippen molar-refractivity contribution < 1.29 is 147 Å². The third-order valence-electron chi connectivity index (χ3n) is 0.500. The molecule has 0 aliphatic carbocycles. The third kappa shape index (κ3) is 58.6. The molecule has 23 heteroatoms. The predicted molar refractivity (Wildman–Crippen MR) is 57.3 cm³/mol. The van der Waals surface area contributed by atoms with Gasteiger partial charge in [-0.2, -0.15) is 0 Å². The summed E-state index contributed by atoms with van der Waals surface area (Å²) in [6.07, 6.45) is 0. The summed E-state index contributed by atoms with van der Waals surface area (Å²) in [5, 5.41) is 0. The average Bonchev–Trinajstić information content (AvgIpc) is 2.10. The zero-order chi connectivity index (χ0) is 17.6. The zero-order valence-corrected chi connectivity index (χ0v) is 20.1. The van der Waals surface area contributed by atoms with Gasteiger partial charge in [-0.3, -0.25) is 12.9 Å². The third-order valence-corrected chi connectivity index (χ3v) is 4.50. The molecule has 6 atom stereocenters. The first-order valence-corrected chi connectivity index (χ1v) is 11.0. The molecular weight excluding hydrogens is 744 g/mol. The van der Waals surface area contributed by atoms with Gasteiger partial charge in [-0.15, -0.1) is 0 Å². The van der Waals surface area contributed by atoms with Gasteiger partial charge in [-0.1, -0.05) is 0 Å². The minimum atomic E-state index is -3.51. The van der Waals surface area contributed by atoms with E-state index < -0.39 is 49.5 Å². The van der Waals surface area contributed by atoms with E-state index >= 15 is 0 Å². The van der Waals surface area contributed by atoms with Crippen LogP contribution in [0.15, 0.2) is 0 Å². The Morgan fingerprint density at radius 3 is 0.478 bits per heavy atom. The molecule has 0 heterocycles. The molecule has 0 aliphatic rings. The fourth-order valence-electron chi connectivity index (χ4n) is 0.204. The molecule has 6 unspecified atom stereocenters. The van der Waals surface area contributed by atoms with Gasteiger partial charge in [0.25, 0.3) is 0 Å². The van der Waals surface area contributed by atoms with Crippen molar-refractivity contribution in [3.05, 3.63) is 0 Å². The fourth-order valence-corrected chi connectivity index (χ4v) is 1.84. The monoisotopic (exact) mass is 750 g/mol. The second-order valence-corrected chi connectivity index (χ2v) is 7.26. The van der Waals surface area contributed by atoms with Crippen LogP contribution in [0.5, 0.6) is 0 Å². The molecule has 0 aromatic heterocycles. The summed E-state index contributed by atoms with van der Waals surface area (Å²) >= 11 is 0. The van der Waals surface area contributed by atoms with Gasteiger partial charge in [-0.05, 0) is 0 Å². The summed E-state index contributed by atoms with van der Waals surface area (Å²) in [5.41, 5.74) is 0. The maximum atomic E-state index is 9.29. The molecule has 0 radical (unpaired) electrons. The molecule has 0 N–H and O–H groups in total. The van der Waals surface area contributed by atoms with Crippen molar-refractivity contribution in [1.29, 1.82) is 0 Å². The van der Waals surface area contributed by atoms with Crippen molar-refractivity contribution in [2.24, 2.45) is 0 Å². The zero-order valence-electron chi connectivity index (χ0n) is 9.79. The van der Waals surface area contributed by atoms with E-state index in [9.17, 15) is 56.8 Å². The molecule has 144 valence electrons. The second kappa shape index (κ2) is 25.6. The van der Waals surface area contributed by atoms with Crippen molar-refractivity contribution >= 4 is 49.5 Å². The van der Waals surface area contributed by atoms with Gasteiger partial charge in [0.1, 0.15) is 49.5 Å². The van der Waals surface area contributed by atoms with E-state index in [1.54, 1.807) is 0 Å². The molecule has 0 aliphatic heterocycles. The summed E-state index contributed by atoms with van der Waals surface area (Å²) in [7, 11) is -21.1. The summed E-state index contributed by atoms with van der Waals surface area (Å²) in [6, 6.07) is 0. The van der Waals surface area contributed by atoms with E-state index in [1.807, 2.05) is 0 Å². The van der Waals surface area contributed by atoms with Crippen LogP contribution in [0.25, 0.3) is 0 Å². The van der Waals surface area contributed by atoms with Crippen molar-refractivity contribution in [3.8, 4) is 0 Å². The van der Waals surface area contributed by atoms with E-state index in [4.69, 9.17) is 0 Å². The van der Waals surface area contributed by atoms with Crippen LogP contribution in [0, 0.1) is 77.2 Å². The van der Waals surface area contributed by atoms with Gasteiger partial charge in [0.2, 0.25) is 0 Å². The molecule has 0 fully saturated rings. The maximum absolute atomic E-state index is 9.29. The van der Waals surface area contributed by atoms with Gasteiger partial charge in [0.05, 0.1) is 0 Å². The smallest absolute Gasteiger partial charge is 0.781 e. The first kappa shape index (κ1) is 37.4. The van der Waals surface area contributed by atoms with Crippen LogP contribution in [0.2, 0.25) is 0 Å². The van der Waals surface area contributed by atoms with E-state index in [0.717, 1.165) is 0 Å². The van der Waals surface area contributed by atoms with Crippen LogP contribution >= 0.6 is 49.5 Å². The van der Waals surface area contributed by atoms with Crippen molar-refractivity contribution in [1.82, 2.24) is 0 Å². The topological polar surface area (TPSA) is 268 Å². The Labute approximate surface area is 194 Å². The van der Waals surface area contributed by atoms with Crippen LogP contribution in [0.1, 0.15) is 0 Å². The molecule has 0 amide bonds. The molecule has 0 saturated carbocycles. The largest absolute Gasteiger partial charge is 3.00 e. The molecular formula is H6O15P6Tb2. The molecule has 0 aromatic carbocycles. The Kier molecular flexibility index (Phi) is 41.6. The molecule has 0 aromatic rings. The Morgan fingerprint density at radius 2 is 0.478 bits per heavy atom. The van der Waals surface area contributed by atoms with Gasteiger partial charge < -0.3 is 56.8 Å². The van der Waals surface area contributed by atoms with Gasteiger partial charge in [-0.25, -0.2) is 0 Å². The van der Waals surface area contributed by atoms with E-state index in [1.165, 1.54) is 0 Å². The van der Waals surface area contributed by atoms with Crippen molar-refractivity contribution in [3.63, 3.8) is 0 Å².